The van der Waals surface area contributed by atoms with Gasteiger partial charge >= 0.3 is 29.6 Å². The third-order valence-electron chi connectivity index (χ3n) is 4.73. The van der Waals surface area contributed by atoms with Gasteiger partial charge in [0.1, 0.15) is 5.69 Å². The third-order valence-corrected chi connectivity index (χ3v) is 4.73. The fourth-order valence-corrected chi connectivity index (χ4v) is 3.24. The van der Waals surface area contributed by atoms with E-state index in [2.05, 4.69) is 10.3 Å². The minimum atomic E-state index is -1.23. The molecule has 0 N–H and O–H groups in total. The second-order valence-corrected chi connectivity index (χ2v) is 6.50. The van der Waals surface area contributed by atoms with Crippen molar-refractivity contribution >= 4 is 5.97 Å². The first-order valence-corrected chi connectivity index (χ1v) is 9.16. The SMILES string of the molecule is COc1cccc(-c2ccc(-n3cc(-c4cccc(C(=O)[O-])c4)nn3)cc2)c1OC.[Na+]. The summed E-state index contributed by atoms with van der Waals surface area (Å²) < 4.78 is 12.5. The van der Waals surface area contributed by atoms with E-state index in [9.17, 15) is 9.90 Å². The fraction of sp³-hybridized carbons (Fsp3) is 0.0870. The summed E-state index contributed by atoms with van der Waals surface area (Å²) in [5.41, 5.74) is 4.02. The first-order chi connectivity index (χ1) is 14.6. The Morgan fingerprint density at radius 1 is 0.935 bits per heavy atom. The number of hydrogen-bond acceptors (Lipinski definition) is 6. The third kappa shape index (κ3) is 4.64. The summed E-state index contributed by atoms with van der Waals surface area (Å²) in [4.78, 5) is 11.1. The van der Waals surface area contributed by atoms with Gasteiger partial charge in [0.2, 0.25) is 0 Å². The number of rotatable bonds is 6. The molecule has 4 aromatic rings. The van der Waals surface area contributed by atoms with E-state index in [1.165, 1.54) is 12.1 Å². The van der Waals surface area contributed by atoms with Crippen molar-refractivity contribution in [2.45, 2.75) is 0 Å². The van der Waals surface area contributed by atoms with Crippen molar-refractivity contribution in [3.63, 3.8) is 0 Å². The van der Waals surface area contributed by atoms with E-state index in [1.54, 1.807) is 37.2 Å². The molecular formula is C23H18N3NaO4. The molecule has 0 aliphatic heterocycles. The second kappa shape index (κ2) is 9.78. The molecule has 7 nitrogen and oxygen atoms in total. The van der Waals surface area contributed by atoms with E-state index in [1.807, 2.05) is 42.5 Å². The van der Waals surface area contributed by atoms with Gasteiger partial charge in [0, 0.05) is 11.1 Å². The summed E-state index contributed by atoms with van der Waals surface area (Å²) in [6.07, 6.45) is 1.75. The van der Waals surface area contributed by atoms with E-state index in [0.29, 0.717) is 22.8 Å². The summed E-state index contributed by atoms with van der Waals surface area (Å²) in [5, 5.41) is 19.4. The standard InChI is InChI=1S/C23H19N3O4.Na/c1-29-21-8-4-7-19(22(21)30-2)15-9-11-18(12-10-15)26-14-20(24-25-26)16-5-3-6-17(13-16)23(27)28;/h3-14H,1-2H3,(H,27,28);/q;+1/p-1. The summed E-state index contributed by atoms with van der Waals surface area (Å²) in [5.74, 6) is 0.107. The number of para-hydroxylation sites is 1. The summed E-state index contributed by atoms with van der Waals surface area (Å²) >= 11 is 0. The van der Waals surface area contributed by atoms with Crippen LogP contribution >= 0.6 is 0 Å². The molecule has 0 unspecified atom stereocenters. The summed E-state index contributed by atoms with van der Waals surface area (Å²) in [7, 11) is 3.22. The number of nitrogens with zero attached hydrogens (tertiary/aromatic N) is 3. The minimum Gasteiger partial charge on any atom is -0.545 e. The Hall–Kier alpha value is -3.13. The summed E-state index contributed by atoms with van der Waals surface area (Å²) in [6.45, 7) is 0. The molecule has 0 radical (unpaired) electrons. The molecule has 0 spiro atoms. The molecule has 31 heavy (non-hydrogen) atoms. The zero-order valence-electron chi connectivity index (χ0n) is 17.4. The number of carbonyl (C=O) groups excluding carboxylic acids is 1. The molecule has 0 fully saturated rings. The molecule has 0 bridgehead atoms. The molecule has 0 amide bonds. The van der Waals surface area contributed by atoms with Gasteiger partial charge in [0.25, 0.3) is 0 Å². The van der Waals surface area contributed by atoms with Crippen LogP contribution in [0.5, 0.6) is 11.5 Å². The first kappa shape index (κ1) is 22.6. The number of aromatic nitrogens is 3. The minimum absolute atomic E-state index is 0. The Balaban J connectivity index is 0.00000272. The van der Waals surface area contributed by atoms with Gasteiger partial charge < -0.3 is 19.4 Å². The number of benzene rings is 3. The zero-order chi connectivity index (χ0) is 21.1. The van der Waals surface area contributed by atoms with Crippen LogP contribution in [0.25, 0.3) is 28.1 Å². The molecule has 0 aliphatic rings. The topological polar surface area (TPSA) is 89.3 Å². The van der Waals surface area contributed by atoms with Gasteiger partial charge in [-0.2, -0.15) is 0 Å². The number of carboxylic acid groups (broad SMARTS) is 1. The molecular weight excluding hydrogens is 405 g/mol. The van der Waals surface area contributed by atoms with Crippen LogP contribution in [0.1, 0.15) is 10.4 Å². The van der Waals surface area contributed by atoms with Gasteiger partial charge in [0.15, 0.2) is 11.5 Å². The van der Waals surface area contributed by atoms with Gasteiger partial charge in [-0.1, -0.05) is 47.7 Å². The molecule has 1 heterocycles. The zero-order valence-corrected chi connectivity index (χ0v) is 19.4. The van der Waals surface area contributed by atoms with Crippen molar-refractivity contribution in [1.82, 2.24) is 15.0 Å². The Morgan fingerprint density at radius 2 is 1.68 bits per heavy atom. The Bertz CT molecular complexity index is 1210. The quantitative estimate of drug-likeness (QED) is 0.405. The molecule has 8 heteroatoms. The predicted molar refractivity (Wildman–Crippen MR) is 110 cm³/mol. The number of methoxy groups -OCH3 is 2. The Labute approximate surface area is 201 Å². The average molecular weight is 423 g/mol. The van der Waals surface area contributed by atoms with Crippen molar-refractivity contribution in [1.29, 1.82) is 0 Å². The molecule has 3 aromatic carbocycles. The van der Waals surface area contributed by atoms with Crippen molar-refractivity contribution in [3.05, 3.63) is 78.5 Å². The number of carboxylic acids is 1. The van der Waals surface area contributed by atoms with Crippen LogP contribution in [-0.2, 0) is 0 Å². The smallest absolute Gasteiger partial charge is 0.545 e. The van der Waals surface area contributed by atoms with Gasteiger partial charge in [0.05, 0.1) is 32.1 Å². The molecule has 4 rings (SSSR count). The van der Waals surface area contributed by atoms with Crippen LogP contribution in [0.3, 0.4) is 0 Å². The van der Waals surface area contributed by atoms with Gasteiger partial charge in [-0.3, -0.25) is 0 Å². The van der Waals surface area contributed by atoms with E-state index >= 15 is 0 Å². The Kier molecular flexibility index (Phi) is 7.12. The van der Waals surface area contributed by atoms with E-state index in [0.717, 1.165) is 16.8 Å². The molecule has 1 aromatic heterocycles. The van der Waals surface area contributed by atoms with E-state index < -0.39 is 5.97 Å². The van der Waals surface area contributed by atoms with E-state index in [-0.39, 0.29) is 35.1 Å². The van der Waals surface area contributed by atoms with Crippen LogP contribution in [-0.4, -0.2) is 35.2 Å². The van der Waals surface area contributed by atoms with Crippen LogP contribution in [0.4, 0.5) is 0 Å². The van der Waals surface area contributed by atoms with Crippen LogP contribution < -0.4 is 44.1 Å². The van der Waals surface area contributed by atoms with Gasteiger partial charge in [-0.15, -0.1) is 5.10 Å². The number of carbonyl (C=O) groups is 1. The molecule has 0 atom stereocenters. The maximum atomic E-state index is 11.1. The molecule has 0 saturated heterocycles. The van der Waals surface area contributed by atoms with Crippen LogP contribution in [0.15, 0.2) is 72.9 Å². The monoisotopic (exact) mass is 423 g/mol. The van der Waals surface area contributed by atoms with Crippen LogP contribution in [0.2, 0.25) is 0 Å². The molecule has 150 valence electrons. The second-order valence-electron chi connectivity index (χ2n) is 6.50. The van der Waals surface area contributed by atoms with Crippen LogP contribution in [0, 0.1) is 0 Å². The maximum absolute atomic E-state index is 11.1. The molecule has 0 saturated carbocycles. The fourth-order valence-electron chi connectivity index (χ4n) is 3.24. The van der Waals surface area contributed by atoms with Crippen molar-refractivity contribution in [2.24, 2.45) is 0 Å². The number of ether oxygens (including phenoxy) is 2. The van der Waals surface area contributed by atoms with Gasteiger partial charge in [-0.25, -0.2) is 4.68 Å². The predicted octanol–water partition coefficient (Wildman–Crippen LogP) is -0.0140. The van der Waals surface area contributed by atoms with Gasteiger partial charge in [-0.05, 0) is 35.4 Å². The average Bonchev–Trinajstić information content (AvgIpc) is 3.29. The summed E-state index contributed by atoms with van der Waals surface area (Å²) in [6, 6.07) is 19.9. The normalized spacial score (nSPS) is 10.3. The Morgan fingerprint density at radius 3 is 2.35 bits per heavy atom. The van der Waals surface area contributed by atoms with Crippen molar-refractivity contribution < 1.29 is 48.9 Å². The maximum Gasteiger partial charge on any atom is 1.00 e. The van der Waals surface area contributed by atoms with Crippen molar-refractivity contribution in [3.8, 4) is 39.6 Å². The van der Waals surface area contributed by atoms with Crippen molar-refractivity contribution in [2.75, 3.05) is 14.2 Å². The number of aromatic carboxylic acids is 1. The van der Waals surface area contributed by atoms with E-state index in [4.69, 9.17) is 9.47 Å². The molecule has 0 aliphatic carbocycles. The first-order valence-electron chi connectivity index (χ1n) is 9.16. The largest absolute Gasteiger partial charge is 1.00 e. The number of hydrogen-bond donors (Lipinski definition) is 0.